The highest BCUT2D eigenvalue weighted by molar-refractivity contribution is 6.73. The van der Waals surface area contributed by atoms with Crippen LogP contribution in [-0.2, 0) is 0 Å². The lowest BCUT2D eigenvalue weighted by atomic mass is 10.2. The van der Waals surface area contributed by atoms with Crippen molar-refractivity contribution in [2.24, 2.45) is 5.11 Å². The number of hydrogen-bond donors (Lipinski definition) is 0. The van der Waals surface area contributed by atoms with Crippen molar-refractivity contribution in [1.29, 1.82) is 0 Å². The first-order chi connectivity index (χ1) is 10.1. The van der Waals surface area contributed by atoms with Gasteiger partial charge in [-0.2, -0.15) is 0 Å². The molecule has 0 atom stereocenters. The molecule has 2 aromatic carbocycles. The molecule has 2 aromatic rings. The van der Waals surface area contributed by atoms with Crippen LogP contribution in [0.15, 0.2) is 53.6 Å². The van der Waals surface area contributed by atoms with Gasteiger partial charge in [0.05, 0.1) is 8.80 Å². The van der Waals surface area contributed by atoms with Crippen molar-refractivity contribution < 1.29 is 9.53 Å². The van der Waals surface area contributed by atoms with E-state index >= 15 is 0 Å². The molecule has 5 nitrogen and oxygen atoms in total. The number of benzene rings is 2. The minimum Gasteiger partial charge on any atom is -0.457 e. The summed E-state index contributed by atoms with van der Waals surface area (Å²) in [6, 6.07) is 14.6. The molecule has 0 spiro atoms. The predicted octanol–water partition coefficient (Wildman–Crippen LogP) is 3.62. The molecular formula is C15H15N3O2Si. The summed E-state index contributed by atoms with van der Waals surface area (Å²) in [4.78, 5) is 14.5. The highest BCUT2D eigenvalue weighted by atomic mass is 28.3. The van der Waals surface area contributed by atoms with Crippen molar-refractivity contribution in [2.45, 2.75) is 13.1 Å². The second-order valence-electron chi connectivity index (χ2n) is 4.78. The minimum absolute atomic E-state index is 0.433. The third-order valence-corrected chi connectivity index (χ3v) is 4.73. The van der Waals surface area contributed by atoms with Crippen LogP contribution >= 0.6 is 0 Å². The third kappa shape index (κ3) is 3.50. The summed E-state index contributed by atoms with van der Waals surface area (Å²) in [5, 5.41) is 4.07. The van der Waals surface area contributed by atoms with Crippen LogP contribution in [0.3, 0.4) is 0 Å². The molecule has 0 heterocycles. The van der Waals surface area contributed by atoms with E-state index in [0.717, 1.165) is 5.19 Å². The van der Waals surface area contributed by atoms with Gasteiger partial charge in [0.25, 0.3) is 0 Å². The molecule has 0 aromatic heterocycles. The van der Waals surface area contributed by atoms with Gasteiger partial charge in [-0.25, -0.2) is 0 Å². The van der Waals surface area contributed by atoms with Crippen LogP contribution in [0.2, 0.25) is 13.1 Å². The second-order valence-corrected chi connectivity index (χ2v) is 7.67. The van der Waals surface area contributed by atoms with Crippen LogP contribution in [0.1, 0.15) is 10.4 Å². The zero-order chi connectivity index (χ0) is 15.2. The number of carbonyl (C=O) groups excluding carboxylic acids is 1. The smallest absolute Gasteiger partial charge is 0.249 e. The Kier molecular flexibility index (Phi) is 4.76. The van der Waals surface area contributed by atoms with Crippen molar-refractivity contribution in [3.8, 4) is 11.5 Å². The van der Waals surface area contributed by atoms with Gasteiger partial charge in [0.1, 0.15) is 11.5 Å². The molecular weight excluding hydrogens is 282 g/mol. The van der Waals surface area contributed by atoms with Gasteiger partial charge in [0, 0.05) is 10.5 Å². The number of ether oxygens (including phenoxy) is 1. The summed E-state index contributed by atoms with van der Waals surface area (Å²) in [5.41, 5.74) is 8.88. The Morgan fingerprint density at radius 2 is 1.86 bits per heavy atom. The van der Waals surface area contributed by atoms with Crippen LogP contribution < -0.4 is 9.92 Å². The minimum atomic E-state index is -1.36. The molecule has 0 unspecified atom stereocenters. The Balaban J connectivity index is 2.48. The molecule has 106 valence electrons. The maximum atomic E-state index is 11.9. The lowest BCUT2D eigenvalue weighted by Crippen LogP contribution is -2.30. The molecule has 0 radical (unpaired) electrons. The molecule has 21 heavy (non-hydrogen) atoms. The third-order valence-electron chi connectivity index (χ3n) is 2.98. The fourth-order valence-corrected chi connectivity index (χ4v) is 3.69. The maximum absolute atomic E-state index is 11.9. The van der Waals surface area contributed by atoms with Crippen LogP contribution in [-0.4, -0.2) is 14.7 Å². The van der Waals surface area contributed by atoms with Gasteiger partial charge in [-0.05, 0) is 34.0 Å². The summed E-state index contributed by atoms with van der Waals surface area (Å²) in [7, 11) is -1.36. The SMILES string of the molecule is C[SiH](C)c1c(Oc2ccccc2)cccc1C(=O)N=[N+]=[N-]. The standard InChI is InChI=1S/C15H15N3O2Si/c1-21(2)14-12(15(19)17-18-16)9-6-10-13(14)20-11-7-4-3-5-8-11/h3-10,21H,1-2H3. The predicted molar refractivity (Wildman–Crippen MR) is 84.9 cm³/mol. The fourth-order valence-electron chi connectivity index (χ4n) is 2.13. The van der Waals surface area contributed by atoms with Gasteiger partial charge in [0.15, 0.2) is 0 Å². The number of rotatable bonds is 4. The van der Waals surface area contributed by atoms with Gasteiger partial charge in [-0.3, -0.25) is 4.79 Å². The Morgan fingerprint density at radius 3 is 2.48 bits per heavy atom. The van der Waals surface area contributed by atoms with Crippen LogP contribution in [0.25, 0.3) is 10.4 Å². The molecule has 0 bridgehead atoms. The molecule has 0 aliphatic carbocycles. The lowest BCUT2D eigenvalue weighted by Gasteiger charge is -2.16. The zero-order valence-corrected chi connectivity index (χ0v) is 13.0. The van der Waals surface area contributed by atoms with Gasteiger partial charge >= 0.3 is 0 Å². The molecule has 2 rings (SSSR count). The first-order valence-corrected chi connectivity index (χ1v) is 9.47. The van der Waals surface area contributed by atoms with Crippen LogP contribution in [0.4, 0.5) is 0 Å². The first kappa shape index (κ1) is 14.8. The van der Waals surface area contributed by atoms with Gasteiger partial charge < -0.3 is 4.74 Å². The number of nitrogens with zero attached hydrogens (tertiary/aromatic N) is 3. The van der Waals surface area contributed by atoms with E-state index in [1.54, 1.807) is 12.1 Å². The molecule has 0 saturated heterocycles. The highest BCUT2D eigenvalue weighted by Crippen LogP contribution is 2.21. The summed E-state index contributed by atoms with van der Waals surface area (Å²) < 4.78 is 5.89. The topological polar surface area (TPSA) is 75.1 Å². The van der Waals surface area contributed by atoms with Gasteiger partial charge in [-0.1, -0.05) is 43.4 Å². The quantitative estimate of drug-likeness (QED) is 0.374. The number of amides is 1. The van der Waals surface area contributed by atoms with Crippen LogP contribution in [0.5, 0.6) is 11.5 Å². The maximum Gasteiger partial charge on any atom is 0.249 e. The zero-order valence-electron chi connectivity index (χ0n) is 11.9. The number of azide groups is 1. The number of hydrogen-bond acceptors (Lipinski definition) is 2. The second kappa shape index (κ2) is 6.74. The van der Waals surface area contributed by atoms with E-state index in [2.05, 4.69) is 23.1 Å². The van der Waals surface area contributed by atoms with E-state index in [-0.39, 0.29) is 0 Å². The van der Waals surface area contributed by atoms with Crippen molar-refractivity contribution in [3.05, 3.63) is 64.5 Å². The van der Waals surface area contributed by atoms with E-state index in [9.17, 15) is 4.79 Å². The normalized spacial score (nSPS) is 10.0. The summed E-state index contributed by atoms with van der Waals surface area (Å²) >= 11 is 0. The van der Waals surface area contributed by atoms with E-state index in [1.807, 2.05) is 36.4 Å². The number of para-hydroxylation sites is 1. The highest BCUT2D eigenvalue weighted by Gasteiger charge is 2.18. The monoisotopic (exact) mass is 297 g/mol. The fraction of sp³-hybridized carbons (Fsp3) is 0.133. The van der Waals surface area contributed by atoms with E-state index in [4.69, 9.17) is 10.3 Å². The molecule has 1 amide bonds. The Labute approximate surface area is 124 Å². The largest absolute Gasteiger partial charge is 0.457 e. The molecule has 0 saturated carbocycles. The average Bonchev–Trinajstić information content (AvgIpc) is 2.48. The molecule has 0 fully saturated rings. The van der Waals surface area contributed by atoms with Crippen molar-refractivity contribution in [1.82, 2.24) is 0 Å². The first-order valence-electron chi connectivity index (χ1n) is 6.58. The van der Waals surface area contributed by atoms with E-state index in [0.29, 0.717) is 17.1 Å². The summed E-state index contributed by atoms with van der Waals surface area (Å²) in [5.74, 6) is 0.802. The Morgan fingerprint density at radius 1 is 1.14 bits per heavy atom. The van der Waals surface area contributed by atoms with Gasteiger partial charge in [-0.15, -0.1) is 0 Å². The average molecular weight is 297 g/mol. The lowest BCUT2D eigenvalue weighted by molar-refractivity contribution is 0.100. The molecule has 0 aliphatic heterocycles. The van der Waals surface area contributed by atoms with Crippen molar-refractivity contribution >= 4 is 19.9 Å². The summed E-state index contributed by atoms with van der Waals surface area (Å²) in [6.45, 7) is 4.19. The number of carbonyl (C=O) groups is 1. The van der Waals surface area contributed by atoms with Crippen molar-refractivity contribution in [2.75, 3.05) is 0 Å². The Bertz CT molecular complexity index is 695. The van der Waals surface area contributed by atoms with E-state index in [1.165, 1.54) is 0 Å². The molecule has 0 aliphatic rings. The summed E-state index contributed by atoms with van der Waals surface area (Å²) in [6.07, 6.45) is 0. The van der Waals surface area contributed by atoms with Crippen molar-refractivity contribution in [3.63, 3.8) is 0 Å². The van der Waals surface area contributed by atoms with Gasteiger partial charge in [0.2, 0.25) is 5.91 Å². The Hall–Kier alpha value is -2.56. The molecule has 6 heteroatoms. The van der Waals surface area contributed by atoms with E-state index < -0.39 is 14.7 Å². The van der Waals surface area contributed by atoms with Crippen LogP contribution in [0, 0.1) is 0 Å². The molecule has 0 N–H and O–H groups in total.